The van der Waals surface area contributed by atoms with Gasteiger partial charge in [0.25, 0.3) is 0 Å². The van der Waals surface area contributed by atoms with Crippen molar-refractivity contribution in [1.29, 1.82) is 5.41 Å². The second kappa shape index (κ2) is 3.92. The summed E-state index contributed by atoms with van der Waals surface area (Å²) in [6, 6.07) is 0.498. The average Bonchev–Trinajstić information content (AvgIpc) is 2.80. The number of nitrogens with one attached hydrogen (secondary N) is 1. The largest absolute Gasteiger partial charge is 0.358 e. The summed E-state index contributed by atoms with van der Waals surface area (Å²) in [6.45, 7) is 7.57. The molecular formula is C10H20N2. The summed E-state index contributed by atoms with van der Waals surface area (Å²) >= 11 is 0. The highest BCUT2D eigenvalue weighted by Gasteiger charge is 2.30. The summed E-state index contributed by atoms with van der Waals surface area (Å²) in [5, 5.41) is 7.92. The number of rotatable bonds is 4. The van der Waals surface area contributed by atoms with Crippen LogP contribution in [0, 0.1) is 11.3 Å². The van der Waals surface area contributed by atoms with Crippen LogP contribution in [-0.2, 0) is 0 Å². The van der Waals surface area contributed by atoms with Crippen molar-refractivity contribution in [2.45, 2.75) is 46.1 Å². The molecule has 1 N–H and O–H groups in total. The van der Waals surface area contributed by atoms with Gasteiger partial charge < -0.3 is 4.90 Å². The lowest BCUT2D eigenvalue weighted by Crippen LogP contribution is -2.38. The highest BCUT2D eigenvalue weighted by atomic mass is 15.2. The molecule has 1 aliphatic carbocycles. The lowest BCUT2D eigenvalue weighted by molar-refractivity contribution is 0.338. The van der Waals surface area contributed by atoms with E-state index < -0.39 is 0 Å². The molecule has 70 valence electrons. The predicted octanol–water partition coefficient (Wildman–Crippen LogP) is 2.49. The standard InChI is InChI=1S/C10H20N2/c1-4-7-12(8(2)3)10(11)9-5-6-9/h8-9,11H,4-7H2,1-3H3. The first-order chi connectivity index (χ1) is 5.66. The molecule has 0 aromatic carbocycles. The van der Waals surface area contributed by atoms with Crippen molar-refractivity contribution < 1.29 is 0 Å². The molecule has 0 heterocycles. The first kappa shape index (κ1) is 9.56. The van der Waals surface area contributed by atoms with Gasteiger partial charge in [-0.1, -0.05) is 6.92 Å². The van der Waals surface area contributed by atoms with Crippen LogP contribution in [0.25, 0.3) is 0 Å². The van der Waals surface area contributed by atoms with Crippen LogP contribution in [0.5, 0.6) is 0 Å². The van der Waals surface area contributed by atoms with Crippen molar-refractivity contribution >= 4 is 5.84 Å². The molecule has 0 radical (unpaired) electrons. The van der Waals surface area contributed by atoms with E-state index in [4.69, 9.17) is 5.41 Å². The van der Waals surface area contributed by atoms with Crippen LogP contribution in [0.4, 0.5) is 0 Å². The van der Waals surface area contributed by atoms with Crippen LogP contribution in [0.1, 0.15) is 40.0 Å². The molecule has 2 nitrogen and oxygen atoms in total. The predicted molar refractivity (Wildman–Crippen MR) is 52.6 cm³/mol. The van der Waals surface area contributed by atoms with Crippen LogP contribution in [0.15, 0.2) is 0 Å². The third kappa shape index (κ3) is 2.23. The zero-order valence-corrected chi connectivity index (χ0v) is 8.43. The SMILES string of the molecule is CCCN(C(=N)C1CC1)C(C)C. The van der Waals surface area contributed by atoms with Gasteiger partial charge in [0.15, 0.2) is 0 Å². The Morgan fingerprint density at radius 1 is 1.50 bits per heavy atom. The number of hydrogen-bond acceptors (Lipinski definition) is 1. The maximum atomic E-state index is 7.92. The van der Waals surface area contributed by atoms with E-state index in [1.807, 2.05) is 0 Å². The molecule has 0 aromatic rings. The van der Waals surface area contributed by atoms with Crippen molar-refractivity contribution in [3.63, 3.8) is 0 Å². The molecule has 0 amide bonds. The fourth-order valence-electron chi connectivity index (χ4n) is 1.49. The van der Waals surface area contributed by atoms with Crippen LogP contribution in [0.2, 0.25) is 0 Å². The fraction of sp³-hybridized carbons (Fsp3) is 0.900. The van der Waals surface area contributed by atoms with E-state index in [2.05, 4.69) is 25.7 Å². The lowest BCUT2D eigenvalue weighted by Gasteiger charge is -2.28. The Morgan fingerprint density at radius 3 is 2.42 bits per heavy atom. The van der Waals surface area contributed by atoms with Gasteiger partial charge in [0.2, 0.25) is 0 Å². The van der Waals surface area contributed by atoms with Gasteiger partial charge in [-0.25, -0.2) is 0 Å². The molecule has 1 aliphatic rings. The Balaban J connectivity index is 2.45. The van der Waals surface area contributed by atoms with Crippen molar-refractivity contribution in [3.8, 4) is 0 Å². The molecule has 0 atom stereocenters. The van der Waals surface area contributed by atoms with Crippen LogP contribution in [-0.4, -0.2) is 23.3 Å². The molecule has 12 heavy (non-hydrogen) atoms. The Morgan fingerprint density at radius 2 is 2.08 bits per heavy atom. The quantitative estimate of drug-likeness (QED) is 0.507. The zero-order valence-electron chi connectivity index (χ0n) is 8.43. The normalized spacial score (nSPS) is 16.7. The molecule has 0 bridgehead atoms. The topological polar surface area (TPSA) is 27.1 Å². The minimum atomic E-state index is 0.498. The summed E-state index contributed by atoms with van der Waals surface area (Å²) in [4.78, 5) is 2.23. The first-order valence-corrected chi connectivity index (χ1v) is 5.02. The minimum Gasteiger partial charge on any atom is -0.358 e. The molecule has 1 saturated carbocycles. The lowest BCUT2D eigenvalue weighted by atomic mass is 10.2. The maximum absolute atomic E-state index is 7.92. The summed E-state index contributed by atoms with van der Waals surface area (Å²) in [5.74, 6) is 1.48. The van der Waals surface area contributed by atoms with Crippen molar-refractivity contribution in [1.82, 2.24) is 4.90 Å². The smallest absolute Gasteiger partial charge is 0.0991 e. The van der Waals surface area contributed by atoms with Gasteiger partial charge in [-0.2, -0.15) is 0 Å². The zero-order chi connectivity index (χ0) is 9.14. The van der Waals surface area contributed by atoms with E-state index in [1.165, 1.54) is 12.8 Å². The summed E-state index contributed by atoms with van der Waals surface area (Å²) in [5.41, 5.74) is 0. The molecule has 2 heteroatoms. The van der Waals surface area contributed by atoms with Crippen LogP contribution in [0.3, 0.4) is 0 Å². The van der Waals surface area contributed by atoms with Gasteiger partial charge in [-0.3, -0.25) is 5.41 Å². The number of amidine groups is 1. The molecule has 1 fully saturated rings. The molecular weight excluding hydrogens is 148 g/mol. The first-order valence-electron chi connectivity index (χ1n) is 5.02. The number of hydrogen-bond donors (Lipinski definition) is 1. The van der Waals surface area contributed by atoms with Crippen molar-refractivity contribution in [2.24, 2.45) is 5.92 Å². The monoisotopic (exact) mass is 168 g/mol. The second-order valence-electron chi connectivity index (χ2n) is 3.95. The van der Waals surface area contributed by atoms with Gasteiger partial charge >= 0.3 is 0 Å². The van der Waals surface area contributed by atoms with Gasteiger partial charge in [-0.15, -0.1) is 0 Å². The van der Waals surface area contributed by atoms with E-state index in [0.29, 0.717) is 12.0 Å². The van der Waals surface area contributed by atoms with E-state index in [9.17, 15) is 0 Å². The van der Waals surface area contributed by atoms with Gasteiger partial charge in [0.05, 0.1) is 5.84 Å². The molecule has 0 spiro atoms. The molecule has 0 unspecified atom stereocenters. The summed E-state index contributed by atoms with van der Waals surface area (Å²) in [7, 11) is 0. The van der Waals surface area contributed by atoms with Crippen molar-refractivity contribution in [3.05, 3.63) is 0 Å². The average molecular weight is 168 g/mol. The van der Waals surface area contributed by atoms with E-state index >= 15 is 0 Å². The Hall–Kier alpha value is -0.530. The third-order valence-corrected chi connectivity index (χ3v) is 2.36. The highest BCUT2D eigenvalue weighted by Crippen LogP contribution is 2.31. The molecule has 0 aliphatic heterocycles. The Labute approximate surface area is 75.5 Å². The minimum absolute atomic E-state index is 0.498. The molecule has 1 rings (SSSR count). The Kier molecular flexibility index (Phi) is 3.12. The second-order valence-corrected chi connectivity index (χ2v) is 3.95. The van der Waals surface area contributed by atoms with Gasteiger partial charge in [0, 0.05) is 18.5 Å². The Bertz CT molecular complexity index is 159. The maximum Gasteiger partial charge on any atom is 0.0991 e. The summed E-state index contributed by atoms with van der Waals surface area (Å²) < 4.78 is 0. The summed E-state index contributed by atoms with van der Waals surface area (Å²) in [6.07, 6.45) is 3.63. The van der Waals surface area contributed by atoms with Gasteiger partial charge in [0.1, 0.15) is 0 Å². The van der Waals surface area contributed by atoms with Crippen LogP contribution >= 0.6 is 0 Å². The molecule has 0 saturated heterocycles. The van der Waals surface area contributed by atoms with E-state index in [1.54, 1.807) is 0 Å². The number of nitrogens with zero attached hydrogens (tertiary/aromatic N) is 1. The van der Waals surface area contributed by atoms with E-state index in [-0.39, 0.29) is 0 Å². The van der Waals surface area contributed by atoms with E-state index in [0.717, 1.165) is 18.8 Å². The van der Waals surface area contributed by atoms with Gasteiger partial charge in [-0.05, 0) is 33.1 Å². The fourth-order valence-corrected chi connectivity index (χ4v) is 1.49. The van der Waals surface area contributed by atoms with Crippen molar-refractivity contribution in [2.75, 3.05) is 6.54 Å². The third-order valence-electron chi connectivity index (χ3n) is 2.36. The van der Waals surface area contributed by atoms with Crippen LogP contribution < -0.4 is 0 Å². The molecule has 0 aromatic heterocycles. The highest BCUT2D eigenvalue weighted by molar-refractivity contribution is 5.83.